The Labute approximate surface area is 177 Å². The molecule has 2 aromatic rings. The molecule has 1 saturated carbocycles. The Bertz CT molecular complexity index is 998. The lowest BCUT2D eigenvalue weighted by atomic mass is 10.0. The van der Waals surface area contributed by atoms with Crippen molar-refractivity contribution in [1.29, 1.82) is 0 Å². The molecule has 0 spiro atoms. The van der Waals surface area contributed by atoms with Crippen LogP contribution < -0.4 is 15.4 Å². The van der Waals surface area contributed by atoms with Crippen LogP contribution in [-0.2, 0) is 26.2 Å². The van der Waals surface area contributed by atoms with Crippen LogP contribution in [0.3, 0.4) is 0 Å². The number of aryl methyl sites for hydroxylation is 1. The van der Waals surface area contributed by atoms with E-state index in [-0.39, 0.29) is 35.7 Å². The average molecular weight is 430 g/mol. The highest BCUT2D eigenvalue weighted by molar-refractivity contribution is 7.89. The first kappa shape index (κ1) is 22.0. The number of rotatable bonds is 9. The molecule has 2 aromatic carbocycles. The summed E-state index contributed by atoms with van der Waals surface area (Å²) in [5, 5.41) is 5.64. The Balaban J connectivity index is 1.57. The predicted molar refractivity (Wildman–Crippen MR) is 114 cm³/mol. The summed E-state index contributed by atoms with van der Waals surface area (Å²) < 4.78 is 27.1. The van der Waals surface area contributed by atoms with E-state index in [1.54, 1.807) is 24.3 Å². The van der Waals surface area contributed by atoms with E-state index in [2.05, 4.69) is 15.4 Å². The molecule has 160 valence electrons. The van der Waals surface area contributed by atoms with Gasteiger partial charge in [0.05, 0.1) is 17.4 Å². The molecule has 7 nitrogen and oxygen atoms in total. The van der Waals surface area contributed by atoms with Crippen molar-refractivity contribution in [3.8, 4) is 0 Å². The summed E-state index contributed by atoms with van der Waals surface area (Å²) in [5.41, 5.74) is 2.76. The molecule has 1 aliphatic rings. The fourth-order valence-electron chi connectivity index (χ4n) is 3.03. The number of hydrogen-bond acceptors (Lipinski definition) is 4. The standard InChI is InChI=1S/C22H27N3O4S/c1-15-3-7-18(8-4-15)21(24-16(2)26)13-22(27)23-14-17-5-11-20(12-6-17)30(28,29)25-19-9-10-19/h3-8,11-12,19,21,25H,9-10,13-14H2,1-2H3,(H,23,27)(H,24,26). The van der Waals surface area contributed by atoms with Crippen LogP contribution in [0.4, 0.5) is 0 Å². The smallest absolute Gasteiger partial charge is 0.240 e. The lowest BCUT2D eigenvalue weighted by Crippen LogP contribution is -2.32. The number of amides is 2. The predicted octanol–water partition coefficient (Wildman–Crippen LogP) is 2.32. The van der Waals surface area contributed by atoms with E-state index in [1.165, 1.54) is 6.92 Å². The van der Waals surface area contributed by atoms with Crippen molar-refractivity contribution in [2.75, 3.05) is 0 Å². The van der Waals surface area contributed by atoms with Gasteiger partial charge in [0.25, 0.3) is 0 Å². The van der Waals surface area contributed by atoms with Crippen LogP contribution >= 0.6 is 0 Å². The average Bonchev–Trinajstić information content (AvgIpc) is 3.50. The fraction of sp³-hybridized carbons (Fsp3) is 0.364. The van der Waals surface area contributed by atoms with Crippen LogP contribution in [0.15, 0.2) is 53.4 Å². The quantitative estimate of drug-likeness (QED) is 0.569. The molecule has 1 unspecified atom stereocenters. The van der Waals surface area contributed by atoms with E-state index in [0.29, 0.717) is 0 Å². The first-order valence-electron chi connectivity index (χ1n) is 9.94. The first-order valence-corrected chi connectivity index (χ1v) is 11.4. The zero-order valence-electron chi connectivity index (χ0n) is 17.1. The molecule has 0 aliphatic heterocycles. The van der Waals surface area contributed by atoms with E-state index >= 15 is 0 Å². The molecule has 1 atom stereocenters. The van der Waals surface area contributed by atoms with Crippen molar-refractivity contribution in [2.45, 2.75) is 56.6 Å². The summed E-state index contributed by atoms with van der Waals surface area (Å²) in [6.07, 6.45) is 1.87. The van der Waals surface area contributed by atoms with Gasteiger partial charge in [-0.2, -0.15) is 0 Å². The van der Waals surface area contributed by atoms with E-state index in [4.69, 9.17) is 0 Å². The maximum Gasteiger partial charge on any atom is 0.240 e. The summed E-state index contributed by atoms with van der Waals surface area (Å²) in [7, 11) is -3.48. The Morgan fingerprint density at radius 2 is 1.67 bits per heavy atom. The van der Waals surface area contributed by atoms with Crippen molar-refractivity contribution in [1.82, 2.24) is 15.4 Å². The second-order valence-electron chi connectivity index (χ2n) is 7.68. The number of carbonyl (C=O) groups is 2. The lowest BCUT2D eigenvalue weighted by molar-refractivity contribution is -0.122. The molecular formula is C22H27N3O4S. The minimum Gasteiger partial charge on any atom is -0.352 e. The molecular weight excluding hydrogens is 402 g/mol. The number of hydrogen-bond donors (Lipinski definition) is 3. The van der Waals surface area contributed by atoms with Gasteiger partial charge < -0.3 is 10.6 Å². The van der Waals surface area contributed by atoms with Crippen LogP contribution in [-0.4, -0.2) is 26.3 Å². The van der Waals surface area contributed by atoms with Crippen LogP contribution in [0.1, 0.15) is 48.9 Å². The summed E-state index contributed by atoms with van der Waals surface area (Å²) in [6, 6.07) is 13.8. The minimum atomic E-state index is -3.48. The molecule has 1 aliphatic carbocycles. The highest BCUT2D eigenvalue weighted by Gasteiger charge is 2.27. The number of benzene rings is 2. The van der Waals surface area contributed by atoms with Crippen molar-refractivity contribution in [2.24, 2.45) is 0 Å². The Kier molecular flexibility index (Phi) is 6.89. The molecule has 0 bridgehead atoms. The van der Waals surface area contributed by atoms with Crippen LogP contribution in [0, 0.1) is 6.92 Å². The highest BCUT2D eigenvalue weighted by atomic mass is 32.2. The van der Waals surface area contributed by atoms with E-state index in [9.17, 15) is 18.0 Å². The number of carbonyl (C=O) groups excluding carboxylic acids is 2. The molecule has 0 heterocycles. The van der Waals surface area contributed by atoms with Crippen molar-refractivity contribution >= 4 is 21.8 Å². The van der Waals surface area contributed by atoms with Gasteiger partial charge in [-0.3, -0.25) is 9.59 Å². The van der Waals surface area contributed by atoms with E-state index in [0.717, 1.165) is 29.5 Å². The molecule has 0 aromatic heterocycles. The van der Waals surface area contributed by atoms with Gasteiger partial charge in [0.2, 0.25) is 21.8 Å². The van der Waals surface area contributed by atoms with Gasteiger partial charge >= 0.3 is 0 Å². The first-order chi connectivity index (χ1) is 14.2. The van der Waals surface area contributed by atoms with Crippen molar-refractivity contribution in [3.63, 3.8) is 0 Å². The Morgan fingerprint density at radius 3 is 2.23 bits per heavy atom. The van der Waals surface area contributed by atoms with Gasteiger partial charge in [-0.05, 0) is 43.0 Å². The van der Waals surface area contributed by atoms with Gasteiger partial charge in [0.15, 0.2) is 0 Å². The van der Waals surface area contributed by atoms with E-state index in [1.807, 2.05) is 31.2 Å². The zero-order valence-corrected chi connectivity index (χ0v) is 18.0. The largest absolute Gasteiger partial charge is 0.352 e. The van der Waals surface area contributed by atoms with Crippen molar-refractivity contribution in [3.05, 3.63) is 65.2 Å². The highest BCUT2D eigenvalue weighted by Crippen LogP contribution is 2.22. The van der Waals surface area contributed by atoms with Crippen LogP contribution in [0.25, 0.3) is 0 Å². The maximum atomic E-state index is 12.4. The third-order valence-corrected chi connectivity index (χ3v) is 6.41. The SMILES string of the molecule is CC(=O)NC(CC(=O)NCc1ccc(S(=O)(=O)NC2CC2)cc1)c1ccc(C)cc1. The minimum absolute atomic E-state index is 0.0547. The summed E-state index contributed by atoms with van der Waals surface area (Å²) >= 11 is 0. The fourth-order valence-corrected chi connectivity index (χ4v) is 4.33. The molecule has 1 fully saturated rings. The van der Waals surface area contributed by atoms with Crippen LogP contribution in [0.2, 0.25) is 0 Å². The van der Waals surface area contributed by atoms with Gasteiger partial charge in [-0.1, -0.05) is 42.0 Å². The number of nitrogens with one attached hydrogen (secondary N) is 3. The van der Waals surface area contributed by atoms with Gasteiger partial charge in [0, 0.05) is 19.5 Å². The van der Waals surface area contributed by atoms with Crippen molar-refractivity contribution < 1.29 is 18.0 Å². The zero-order chi connectivity index (χ0) is 21.7. The van der Waals surface area contributed by atoms with Gasteiger partial charge in [-0.15, -0.1) is 0 Å². The normalized spacial score (nSPS) is 14.7. The molecule has 0 saturated heterocycles. The molecule has 8 heteroatoms. The molecule has 2 amide bonds. The van der Waals surface area contributed by atoms with E-state index < -0.39 is 16.1 Å². The Morgan fingerprint density at radius 1 is 1.03 bits per heavy atom. The topological polar surface area (TPSA) is 104 Å². The monoisotopic (exact) mass is 429 g/mol. The van der Waals surface area contributed by atoms with Crippen LogP contribution in [0.5, 0.6) is 0 Å². The Hall–Kier alpha value is -2.71. The van der Waals surface area contributed by atoms with Gasteiger partial charge in [-0.25, -0.2) is 13.1 Å². The molecule has 3 rings (SSSR count). The third-order valence-electron chi connectivity index (χ3n) is 4.87. The molecule has 0 radical (unpaired) electrons. The summed E-state index contributed by atoms with van der Waals surface area (Å²) in [5.74, 6) is -0.411. The molecule has 3 N–H and O–H groups in total. The lowest BCUT2D eigenvalue weighted by Gasteiger charge is -2.18. The second-order valence-corrected chi connectivity index (χ2v) is 9.40. The summed E-state index contributed by atoms with van der Waals surface area (Å²) in [6.45, 7) is 3.67. The molecule has 30 heavy (non-hydrogen) atoms. The summed E-state index contributed by atoms with van der Waals surface area (Å²) in [4.78, 5) is 24.2. The van der Waals surface area contributed by atoms with Gasteiger partial charge in [0.1, 0.15) is 0 Å². The number of sulfonamides is 1. The third kappa shape index (κ3) is 6.40. The maximum absolute atomic E-state index is 12.4. The second kappa shape index (κ2) is 9.40.